The second kappa shape index (κ2) is 10.5. The molecule has 0 amide bonds. The number of carbonyl (C=O) groups is 2. The first-order valence-corrected chi connectivity index (χ1v) is 12.1. The third kappa shape index (κ3) is 6.08. The van der Waals surface area contributed by atoms with E-state index in [4.69, 9.17) is 4.74 Å². The third-order valence-electron chi connectivity index (χ3n) is 4.37. The standard InChI is InChI=1S/C20H24FN2O7P/c1-29-18(26)19(31(2,3)28)30-12-8-7-11-22-13-15(21)17(25)23(20(22)27)16(24)14-9-5-4-6-10-14/h4-6,9-10,13,19H,7-8,11-12H2,1-3H3. The van der Waals surface area contributed by atoms with Crippen molar-refractivity contribution in [2.45, 2.75) is 25.2 Å². The van der Waals surface area contributed by atoms with Crippen molar-refractivity contribution >= 4 is 19.0 Å². The summed E-state index contributed by atoms with van der Waals surface area (Å²) in [6.07, 6.45) is 1.40. The lowest BCUT2D eigenvalue weighted by atomic mass is 10.2. The van der Waals surface area contributed by atoms with Crippen LogP contribution in [0.2, 0.25) is 0 Å². The maximum absolute atomic E-state index is 14.1. The maximum atomic E-state index is 14.1. The van der Waals surface area contributed by atoms with Crippen LogP contribution in [-0.2, 0) is 25.4 Å². The summed E-state index contributed by atoms with van der Waals surface area (Å²) in [5.74, 6) is -4.08. The highest BCUT2D eigenvalue weighted by atomic mass is 31.2. The molecule has 0 aliphatic carbocycles. The Morgan fingerprint density at radius 1 is 1.13 bits per heavy atom. The predicted molar refractivity (Wildman–Crippen MR) is 112 cm³/mol. The molecule has 0 N–H and O–H groups in total. The van der Waals surface area contributed by atoms with E-state index in [-0.39, 0.29) is 23.3 Å². The maximum Gasteiger partial charge on any atom is 0.342 e. The van der Waals surface area contributed by atoms with E-state index in [1.54, 1.807) is 18.2 Å². The van der Waals surface area contributed by atoms with Crippen LogP contribution < -0.4 is 11.2 Å². The molecule has 1 aromatic heterocycles. The summed E-state index contributed by atoms with van der Waals surface area (Å²) in [7, 11) is -1.73. The summed E-state index contributed by atoms with van der Waals surface area (Å²) < 4.78 is 37.4. The minimum atomic E-state index is -2.90. The van der Waals surface area contributed by atoms with Crippen molar-refractivity contribution < 1.29 is 28.0 Å². The van der Waals surface area contributed by atoms with E-state index in [0.717, 1.165) is 10.8 Å². The smallest absolute Gasteiger partial charge is 0.342 e. The Kier molecular flexibility index (Phi) is 8.24. The topological polar surface area (TPSA) is 114 Å². The number of carbonyl (C=O) groups excluding carboxylic acids is 2. The van der Waals surface area contributed by atoms with Crippen molar-refractivity contribution in [1.29, 1.82) is 0 Å². The van der Waals surface area contributed by atoms with Crippen molar-refractivity contribution in [2.75, 3.05) is 27.0 Å². The molecule has 0 fully saturated rings. The molecule has 1 atom stereocenters. The molecule has 1 heterocycles. The van der Waals surface area contributed by atoms with Gasteiger partial charge in [-0.05, 0) is 38.3 Å². The number of ether oxygens (including phenoxy) is 2. The van der Waals surface area contributed by atoms with Crippen LogP contribution in [0, 0.1) is 5.82 Å². The van der Waals surface area contributed by atoms with E-state index >= 15 is 0 Å². The number of hydrogen-bond donors (Lipinski definition) is 0. The number of halogens is 1. The molecule has 168 valence electrons. The van der Waals surface area contributed by atoms with Gasteiger partial charge >= 0.3 is 11.7 Å². The molecule has 31 heavy (non-hydrogen) atoms. The molecule has 0 saturated carbocycles. The molecule has 0 saturated heterocycles. The Labute approximate surface area is 177 Å². The number of esters is 1. The fourth-order valence-corrected chi connectivity index (χ4v) is 3.88. The van der Waals surface area contributed by atoms with Crippen LogP contribution in [0.4, 0.5) is 4.39 Å². The highest BCUT2D eigenvalue weighted by Crippen LogP contribution is 2.43. The summed E-state index contributed by atoms with van der Waals surface area (Å²) in [6.45, 7) is 2.86. The minimum absolute atomic E-state index is 0.000263. The first-order valence-electron chi connectivity index (χ1n) is 9.43. The molecule has 11 heteroatoms. The van der Waals surface area contributed by atoms with Gasteiger partial charge in [-0.1, -0.05) is 18.2 Å². The third-order valence-corrected chi connectivity index (χ3v) is 5.86. The van der Waals surface area contributed by atoms with E-state index in [1.165, 1.54) is 32.6 Å². The summed E-state index contributed by atoms with van der Waals surface area (Å²) in [5, 5.41) is 0. The first kappa shape index (κ1) is 24.4. The Bertz CT molecular complexity index is 1100. The van der Waals surface area contributed by atoms with Gasteiger partial charge in [0.1, 0.15) is 7.14 Å². The molecule has 1 aromatic carbocycles. The Morgan fingerprint density at radius 2 is 1.77 bits per heavy atom. The average molecular weight is 454 g/mol. The van der Waals surface area contributed by atoms with Crippen LogP contribution in [0.5, 0.6) is 0 Å². The van der Waals surface area contributed by atoms with Gasteiger partial charge in [-0.2, -0.15) is 8.96 Å². The van der Waals surface area contributed by atoms with Crippen LogP contribution in [0.1, 0.15) is 23.2 Å². The lowest BCUT2D eigenvalue weighted by molar-refractivity contribution is -0.148. The van der Waals surface area contributed by atoms with E-state index in [0.29, 0.717) is 12.8 Å². The minimum Gasteiger partial charge on any atom is -0.467 e. The fourth-order valence-electron chi connectivity index (χ4n) is 2.80. The lowest BCUT2D eigenvalue weighted by Crippen LogP contribution is -2.45. The van der Waals surface area contributed by atoms with Crippen LogP contribution in [0.3, 0.4) is 0 Å². The molecule has 0 radical (unpaired) electrons. The quantitative estimate of drug-likeness (QED) is 0.322. The highest BCUT2D eigenvalue weighted by Gasteiger charge is 2.32. The largest absolute Gasteiger partial charge is 0.467 e. The van der Waals surface area contributed by atoms with Gasteiger partial charge in [0.05, 0.1) is 13.3 Å². The average Bonchev–Trinajstić information content (AvgIpc) is 2.73. The van der Waals surface area contributed by atoms with Gasteiger partial charge in [-0.25, -0.2) is 9.59 Å². The Morgan fingerprint density at radius 3 is 2.35 bits per heavy atom. The number of aromatic nitrogens is 2. The van der Waals surface area contributed by atoms with Gasteiger partial charge in [0.15, 0.2) is 0 Å². The van der Waals surface area contributed by atoms with Crippen molar-refractivity contribution in [2.24, 2.45) is 0 Å². The second-order valence-corrected chi connectivity index (χ2v) is 10.5. The number of unbranched alkanes of at least 4 members (excludes halogenated alkanes) is 1. The monoisotopic (exact) mass is 454 g/mol. The molecule has 2 aromatic rings. The number of aryl methyl sites for hydroxylation is 1. The zero-order chi connectivity index (χ0) is 23.2. The van der Waals surface area contributed by atoms with Gasteiger partial charge < -0.3 is 14.0 Å². The summed E-state index contributed by atoms with van der Waals surface area (Å²) in [6, 6.07) is 7.61. The molecule has 0 aliphatic rings. The molecule has 1 unspecified atom stereocenters. The molecular formula is C20H24FN2O7P. The van der Waals surface area contributed by atoms with Crippen LogP contribution in [0.25, 0.3) is 0 Å². The zero-order valence-electron chi connectivity index (χ0n) is 17.4. The number of benzene rings is 1. The Balaban J connectivity index is 2.10. The normalized spacial score (nSPS) is 12.4. The van der Waals surface area contributed by atoms with Gasteiger partial charge in [-0.15, -0.1) is 0 Å². The molecule has 9 nitrogen and oxygen atoms in total. The van der Waals surface area contributed by atoms with E-state index < -0.39 is 41.9 Å². The van der Waals surface area contributed by atoms with Crippen molar-refractivity contribution in [3.63, 3.8) is 0 Å². The van der Waals surface area contributed by atoms with Crippen molar-refractivity contribution in [3.8, 4) is 0 Å². The molecule has 0 aliphatic heterocycles. The summed E-state index contributed by atoms with van der Waals surface area (Å²) >= 11 is 0. The molecular weight excluding hydrogens is 430 g/mol. The first-order chi connectivity index (χ1) is 14.6. The van der Waals surface area contributed by atoms with Gasteiger partial charge in [0, 0.05) is 18.7 Å². The fraction of sp³-hybridized carbons (Fsp3) is 0.400. The van der Waals surface area contributed by atoms with Crippen molar-refractivity contribution in [1.82, 2.24) is 9.13 Å². The van der Waals surface area contributed by atoms with E-state index in [1.807, 2.05) is 0 Å². The highest BCUT2D eigenvalue weighted by molar-refractivity contribution is 7.63. The van der Waals surface area contributed by atoms with E-state index in [2.05, 4.69) is 4.74 Å². The van der Waals surface area contributed by atoms with Crippen LogP contribution in [-0.4, -0.2) is 53.9 Å². The summed E-state index contributed by atoms with van der Waals surface area (Å²) in [4.78, 5) is 48.9. The van der Waals surface area contributed by atoms with Crippen molar-refractivity contribution in [3.05, 3.63) is 68.7 Å². The number of rotatable bonds is 9. The molecule has 2 rings (SSSR count). The Hall–Kier alpha value is -2.84. The van der Waals surface area contributed by atoms with E-state index in [9.17, 15) is 28.1 Å². The van der Waals surface area contributed by atoms with Gasteiger partial charge in [0.25, 0.3) is 11.5 Å². The number of hydrogen-bond acceptors (Lipinski definition) is 7. The SMILES string of the molecule is COC(=O)C(OCCCCn1cc(F)c(=O)n(C(=O)c2ccccc2)c1=O)P(C)(C)=O. The zero-order valence-corrected chi connectivity index (χ0v) is 18.3. The van der Waals surface area contributed by atoms with Crippen LogP contribution >= 0.6 is 7.14 Å². The van der Waals surface area contributed by atoms with Gasteiger partial charge in [-0.3, -0.25) is 14.2 Å². The predicted octanol–water partition coefficient (Wildman–Crippen LogP) is 1.76. The molecule has 0 spiro atoms. The second-order valence-electron chi connectivity index (χ2n) is 7.15. The molecule has 0 bridgehead atoms. The van der Waals surface area contributed by atoms with Gasteiger partial charge in [0.2, 0.25) is 11.7 Å². The summed E-state index contributed by atoms with van der Waals surface area (Å²) in [5.41, 5.74) is -2.20. The number of nitrogens with zero attached hydrogens (tertiary/aromatic N) is 2. The number of methoxy groups -OCH3 is 1. The van der Waals surface area contributed by atoms with Crippen LogP contribution in [0.15, 0.2) is 46.1 Å². The lowest BCUT2D eigenvalue weighted by Gasteiger charge is -2.19.